The first kappa shape index (κ1) is 15.6. The highest BCUT2D eigenvalue weighted by atomic mass is 16.3. The number of nitrogens with zero attached hydrogens (tertiary/aromatic N) is 1. The van der Waals surface area contributed by atoms with Crippen molar-refractivity contribution in [1.82, 2.24) is 10.3 Å². The third kappa shape index (κ3) is 5.38. The predicted molar refractivity (Wildman–Crippen MR) is 75.4 cm³/mol. The number of carbonyl (C=O) groups excluding carboxylic acids is 1. The number of aliphatic hydroxyl groups excluding tert-OH is 1. The Balaban J connectivity index is 2.69. The van der Waals surface area contributed by atoms with Crippen molar-refractivity contribution in [1.29, 1.82) is 0 Å². The predicted octanol–water partition coefficient (Wildman–Crippen LogP) is 0.885. The molecular weight excluding hydrogens is 242 g/mol. The van der Waals surface area contributed by atoms with E-state index >= 15 is 0 Å². The number of hydrogen-bond acceptors (Lipinski definition) is 4. The van der Waals surface area contributed by atoms with Crippen LogP contribution in [0, 0.1) is 0 Å². The smallest absolute Gasteiger partial charge is 0.265 e. The lowest BCUT2D eigenvalue weighted by atomic mass is 10.1. The maximum Gasteiger partial charge on any atom is 0.265 e. The highest BCUT2D eigenvalue weighted by molar-refractivity contribution is 5.93. The van der Waals surface area contributed by atoms with Crippen LogP contribution in [0.2, 0.25) is 0 Å². The van der Waals surface area contributed by atoms with Crippen LogP contribution >= 0.6 is 0 Å². The minimum atomic E-state index is -0.288. The molecule has 0 saturated heterocycles. The summed E-state index contributed by atoms with van der Waals surface area (Å²) >= 11 is 0. The fourth-order valence-corrected chi connectivity index (χ4v) is 1.95. The summed E-state index contributed by atoms with van der Waals surface area (Å²) in [6.07, 6.45) is 2.22. The maximum atomic E-state index is 11.5. The first-order chi connectivity index (χ1) is 9.21. The molecule has 0 radical (unpaired) electrons. The number of rotatable bonds is 8. The number of nitrogen functional groups attached to an aromatic ring is 1. The lowest BCUT2D eigenvalue weighted by Gasteiger charge is -2.21. The molecule has 0 aliphatic heterocycles. The van der Waals surface area contributed by atoms with Crippen LogP contribution in [0.25, 0.3) is 0 Å². The summed E-state index contributed by atoms with van der Waals surface area (Å²) in [5, 5.41) is 9.07. The van der Waals surface area contributed by atoms with Crippen molar-refractivity contribution in [3.63, 3.8) is 0 Å². The average molecular weight is 265 g/mol. The van der Waals surface area contributed by atoms with E-state index in [4.69, 9.17) is 10.9 Å². The zero-order valence-corrected chi connectivity index (χ0v) is 11.4. The molecule has 0 atom stereocenters. The molecule has 0 aliphatic rings. The highest BCUT2D eigenvalue weighted by Crippen LogP contribution is 2.09. The molecule has 5 heteroatoms. The molecule has 0 fully saturated rings. The second-order valence-electron chi connectivity index (χ2n) is 4.53. The van der Waals surface area contributed by atoms with Crippen molar-refractivity contribution < 1.29 is 9.90 Å². The van der Waals surface area contributed by atoms with Gasteiger partial charge in [0.05, 0.1) is 6.61 Å². The van der Waals surface area contributed by atoms with Crippen molar-refractivity contribution in [3.05, 3.63) is 35.4 Å². The normalized spacial score (nSPS) is 10.7. The minimum Gasteiger partial charge on any atom is -0.395 e. The van der Waals surface area contributed by atoms with Gasteiger partial charge in [0.2, 0.25) is 0 Å². The van der Waals surface area contributed by atoms with E-state index in [1.807, 2.05) is 18.2 Å². The number of carbonyl (C=O) groups is 1. The van der Waals surface area contributed by atoms with Gasteiger partial charge in [0.25, 0.3) is 5.91 Å². The highest BCUT2D eigenvalue weighted by Gasteiger charge is 2.08. The largest absolute Gasteiger partial charge is 0.395 e. The summed E-state index contributed by atoms with van der Waals surface area (Å²) in [6, 6.07) is 7.38. The molecule has 0 bridgehead atoms. The zero-order valence-electron chi connectivity index (χ0n) is 11.4. The second kappa shape index (κ2) is 8.63. The summed E-state index contributed by atoms with van der Waals surface area (Å²) in [5.41, 5.74) is 3.73. The molecule has 0 aromatic heterocycles. The van der Waals surface area contributed by atoms with Gasteiger partial charge in [0.15, 0.2) is 0 Å². The van der Waals surface area contributed by atoms with Crippen molar-refractivity contribution in [2.75, 3.05) is 19.7 Å². The third-order valence-electron chi connectivity index (χ3n) is 2.97. The van der Waals surface area contributed by atoms with Crippen LogP contribution < -0.4 is 11.3 Å². The number of benzene rings is 1. The van der Waals surface area contributed by atoms with E-state index in [1.54, 1.807) is 6.07 Å². The maximum absolute atomic E-state index is 11.5. The third-order valence-corrected chi connectivity index (χ3v) is 2.97. The van der Waals surface area contributed by atoms with Crippen molar-refractivity contribution in [2.24, 2.45) is 5.84 Å². The SMILES string of the molecule is CCCCN(CCO)Cc1cccc(C(=O)NN)c1. The second-order valence-corrected chi connectivity index (χ2v) is 4.53. The Labute approximate surface area is 114 Å². The van der Waals surface area contributed by atoms with Gasteiger partial charge in [-0.3, -0.25) is 15.1 Å². The quantitative estimate of drug-likeness (QED) is 0.370. The molecule has 5 nitrogen and oxygen atoms in total. The Bertz CT molecular complexity index is 396. The number of hydrogen-bond donors (Lipinski definition) is 3. The van der Waals surface area contributed by atoms with Gasteiger partial charge in [-0.15, -0.1) is 0 Å². The first-order valence-corrected chi connectivity index (χ1v) is 6.64. The Morgan fingerprint density at radius 1 is 1.42 bits per heavy atom. The molecule has 1 aromatic carbocycles. The molecule has 4 N–H and O–H groups in total. The number of amides is 1. The Kier molecular flexibility index (Phi) is 7.10. The van der Waals surface area contributed by atoms with Crippen LogP contribution in [0.3, 0.4) is 0 Å². The lowest BCUT2D eigenvalue weighted by Crippen LogP contribution is -2.30. The summed E-state index contributed by atoms with van der Waals surface area (Å²) in [7, 11) is 0. The van der Waals surface area contributed by atoms with E-state index in [1.165, 1.54) is 0 Å². The molecule has 0 saturated carbocycles. The standard InChI is InChI=1S/C14H23N3O2/c1-2-3-7-17(8-9-18)11-12-5-4-6-13(10-12)14(19)16-15/h4-6,10,18H,2-3,7-9,11,15H2,1H3,(H,16,19). The van der Waals surface area contributed by atoms with Gasteiger partial charge in [-0.05, 0) is 30.7 Å². The fourth-order valence-electron chi connectivity index (χ4n) is 1.95. The molecule has 0 unspecified atom stereocenters. The topological polar surface area (TPSA) is 78.6 Å². The number of nitrogens with one attached hydrogen (secondary N) is 1. The minimum absolute atomic E-state index is 0.146. The lowest BCUT2D eigenvalue weighted by molar-refractivity contribution is 0.0953. The summed E-state index contributed by atoms with van der Waals surface area (Å²) < 4.78 is 0. The Hall–Kier alpha value is -1.43. The summed E-state index contributed by atoms with van der Waals surface area (Å²) in [6.45, 7) is 4.61. The van der Waals surface area contributed by atoms with Crippen LogP contribution in [0.4, 0.5) is 0 Å². The summed E-state index contributed by atoms with van der Waals surface area (Å²) in [4.78, 5) is 13.6. The molecular formula is C14H23N3O2. The number of unbranched alkanes of at least 4 members (excludes halogenated alkanes) is 1. The van der Waals surface area contributed by atoms with E-state index in [9.17, 15) is 4.79 Å². The fraction of sp³-hybridized carbons (Fsp3) is 0.500. The summed E-state index contributed by atoms with van der Waals surface area (Å²) in [5.74, 6) is 4.84. The van der Waals surface area contributed by atoms with Crippen LogP contribution in [0.15, 0.2) is 24.3 Å². The van der Waals surface area contributed by atoms with Gasteiger partial charge in [0.1, 0.15) is 0 Å². The van der Waals surface area contributed by atoms with Crippen molar-refractivity contribution in [3.8, 4) is 0 Å². The molecule has 0 spiro atoms. The average Bonchev–Trinajstić information content (AvgIpc) is 2.44. The van der Waals surface area contributed by atoms with Gasteiger partial charge in [-0.2, -0.15) is 0 Å². The van der Waals surface area contributed by atoms with Gasteiger partial charge in [-0.1, -0.05) is 25.5 Å². The molecule has 0 heterocycles. The van der Waals surface area contributed by atoms with Gasteiger partial charge >= 0.3 is 0 Å². The number of hydrazine groups is 1. The Morgan fingerprint density at radius 3 is 2.84 bits per heavy atom. The molecule has 19 heavy (non-hydrogen) atoms. The van der Waals surface area contributed by atoms with Gasteiger partial charge in [0, 0.05) is 18.7 Å². The van der Waals surface area contributed by atoms with Crippen molar-refractivity contribution >= 4 is 5.91 Å². The molecule has 1 rings (SSSR count). The number of nitrogens with two attached hydrogens (primary N) is 1. The van der Waals surface area contributed by atoms with Crippen LogP contribution in [-0.4, -0.2) is 35.6 Å². The van der Waals surface area contributed by atoms with E-state index in [0.29, 0.717) is 12.1 Å². The van der Waals surface area contributed by atoms with Crippen LogP contribution in [-0.2, 0) is 6.54 Å². The van der Waals surface area contributed by atoms with E-state index in [2.05, 4.69) is 17.2 Å². The monoisotopic (exact) mass is 265 g/mol. The van der Waals surface area contributed by atoms with Crippen molar-refractivity contribution in [2.45, 2.75) is 26.3 Å². The van der Waals surface area contributed by atoms with E-state index in [0.717, 1.165) is 31.5 Å². The van der Waals surface area contributed by atoms with Gasteiger partial charge < -0.3 is 5.11 Å². The Morgan fingerprint density at radius 2 is 2.21 bits per heavy atom. The van der Waals surface area contributed by atoms with Crippen LogP contribution in [0.5, 0.6) is 0 Å². The molecule has 1 aromatic rings. The van der Waals surface area contributed by atoms with Crippen LogP contribution in [0.1, 0.15) is 35.7 Å². The zero-order chi connectivity index (χ0) is 14.1. The molecule has 0 aliphatic carbocycles. The first-order valence-electron chi connectivity index (χ1n) is 6.64. The van der Waals surface area contributed by atoms with E-state index in [-0.39, 0.29) is 12.5 Å². The molecule has 1 amide bonds. The van der Waals surface area contributed by atoms with Gasteiger partial charge in [-0.25, -0.2) is 5.84 Å². The molecule has 106 valence electrons. The number of aliphatic hydroxyl groups is 1. The van der Waals surface area contributed by atoms with E-state index < -0.39 is 0 Å².